The van der Waals surface area contributed by atoms with Gasteiger partial charge in [-0.2, -0.15) is 0 Å². The topological polar surface area (TPSA) is 59.2 Å². The smallest absolute Gasteiger partial charge is 0.259 e. The highest BCUT2D eigenvalue weighted by Gasteiger charge is 2.12. The predicted octanol–water partition coefficient (Wildman–Crippen LogP) is 1.61. The van der Waals surface area contributed by atoms with Crippen LogP contribution in [0.5, 0.6) is 5.75 Å². The first-order valence-corrected chi connectivity index (χ1v) is 5.09. The van der Waals surface area contributed by atoms with Crippen LogP contribution in [0.15, 0.2) is 47.4 Å². The summed E-state index contributed by atoms with van der Waals surface area (Å²) in [5.74, 6) is 0.373. The summed E-state index contributed by atoms with van der Waals surface area (Å²) in [5.41, 5.74) is 0.216. The number of nitrogens with one attached hydrogen (secondary N) is 1. The van der Waals surface area contributed by atoms with Gasteiger partial charge in [-0.1, -0.05) is 0 Å². The van der Waals surface area contributed by atoms with Crippen molar-refractivity contribution < 1.29 is 9.53 Å². The van der Waals surface area contributed by atoms with E-state index in [1.54, 1.807) is 37.4 Å². The van der Waals surface area contributed by atoms with Crippen LogP contribution in [0.1, 0.15) is 15.9 Å². The molecule has 0 radical (unpaired) electrons. The Bertz CT molecular complexity index is 584. The molecular formula is C13H11NO3. The minimum atomic E-state index is -0.381. The van der Waals surface area contributed by atoms with Gasteiger partial charge < -0.3 is 9.72 Å². The highest BCUT2D eigenvalue weighted by atomic mass is 16.5. The van der Waals surface area contributed by atoms with E-state index in [9.17, 15) is 9.59 Å². The van der Waals surface area contributed by atoms with Crippen molar-refractivity contribution in [1.29, 1.82) is 0 Å². The molecule has 2 aromatic rings. The first-order valence-electron chi connectivity index (χ1n) is 5.09. The Balaban J connectivity index is 2.37. The number of aromatic amines is 1. The van der Waals surface area contributed by atoms with E-state index in [0.717, 1.165) is 0 Å². The van der Waals surface area contributed by atoms with Crippen LogP contribution >= 0.6 is 0 Å². The maximum absolute atomic E-state index is 12.0. The Morgan fingerprint density at radius 1 is 1.18 bits per heavy atom. The molecule has 0 saturated carbocycles. The van der Waals surface area contributed by atoms with Crippen LogP contribution in [0, 0.1) is 0 Å². The van der Waals surface area contributed by atoms with Crippen LogP contribution in [0.2, 0.25) is 0 Å². The van der Waals surface area contributed by atoms with Crippen molar-refractivity contribution in [3.8, 4) is 5.75 Å². The number of rotatable bonds is 3. The number of carbonyl (C=O) groups excluding carboxylic acids is 1. The molecule has 0 aliphatic rings. The molecule has 86 valence electrons. The van der Waals surface area contributed by atoms with Crippen LogP contribution in [0.25, 0.3) is 0 Å². The third-order valence-corrected chi connectivity index (χ3v) is 2.42. The molecule has 4 heteroatoms. The van der Waals surface area contributed by atoms with Crippen LogP contribution in [0.4, 0.5) is 0 Å². The molecule has 1 N–H and O–H groups in total. The van der Waals surface area contributed by atoms with Gasteiger partial charge in [-0.3, -0.25) is 9.59 Å². The van der Waals surface area contributed by atoms with E-state index in [1.807, 2.05) is 0 Å². The molecule has 0 saturated heterocycles. The number of ether oxygens (including phenoxy) is 1. The molecule has 2 rings (SSSR count). The van der Waals surface area contributed by atoms with E-state index in [1.165, 1.54) is 12.3 Å². The Hall–Kier alpha value is -2.36. The minimum absolute atomic E-state index is 0.137. The van der Waals surface area contributed by atoms with Gasteiger partial charge in [0.05, 0.1) is 12.7 Å². The molecule has 0 atom stereocenters. The van der Waals surface area contributed by atoms with E-state index < -0.39 is 0 Å². The number of pyridine rings is 1. The number of hydrogen-bond acceptors (Lipinski definition) is 3. The van der Waals surface area contributed by atoms with Crippen LogP contribution in [0.3, 0.4) is 0 Å². The summed E-state index contributed by atoms with van der Waals surface area (Å²) in [4.78, 5) is 25.9. The normalized spacial score (nSPS) is 9.94. The van der Waals surface area contributed by atoms with Gasteiger partial charge in [0.15, 0.2) is 5.78 Å². The van der Waals surface area contributed by atoms with Gasteiger partial charge in [-0.05, 0) is 36.4 Å². The maximum Gasteiger partial charge on any atom is 0.259 e. The number of methoxy groups -OCH3 is 1. The molecule has 0 spiro atoms. The average molecular weight is 229 g/mol. The van der Waals surface area contributed by atoms with E-state index >= 15 is 0 Å². The van der Waals surface area contributed by atoms with Crippen LogP contribution in [-0.2, 0) is 0 Å². The van der Waals surface area contributed by atoms with Crippen LogP contribution < -0.4 is 10.3 Å². The quantitative estimate of drug-likeness (QED) is 0.813. The summed E-state index contributed by atoms with van der Waals surface area (Å²) in [6.07, 6.45) is 1.49. The molecule has 17 heavy (non-hydrogen) atoms. The molecule has 0 bridgehead atoms. The molecular weight excluding hydrogens is 218 g/mol. The monoisotopic (exact) mass is 229 g/mol. The van der Waals surface area contributed by atoms with Gasteiger partial charge in [0.25, 0.3) is 5.56 Å². The number of ketones is 1. The second kappa shape index (κ2) is 4.65. The summed E-state index contributed by atoms with van der Waals surface area (Å²) in [6.45, 7) is 0. The molecule has 0 aliphatic carbocycles. The molecule has 0 aliphatic heterocycles. The summed E-state index contributed by atoms with van der Waals surface area (Å²) >= 11 is 0. The standard InChI is InChI=1S/C13H11NO3/c1-17-10-6-4-9(5-7-10)12(15)11-3-2-8-14-13(11)16/h2-8H,1H3,(H,14,16). The number of hydrogen-bond donors (Lipinski definition) is 1. The summed E-state index contributed by atoms with van der Waals surface area (Å²) in [5, 5.41) is 0. The van der Waals surface area contributed by atoms with E-state index in [4.69, 9.17) is 4.74 Å². The number of carbonyl (C=O) groups is 1. The Morgan fingerprint density at radius 3 is 2.47 bits per heavy atom. The zero-order valence-corrected chi connectivity index (χ0v) is 9.27. The first-order chi connectivity index (χ1) is 8.22. The molecule has 1 aromatic carbocycles. The third kappa shape index (κ3) is 2.25. The average Bonchev–Trinajstić information content (AvgIpc) is 2.39. The Labute approximate surface area is 97.9 Å². The maximum atomic E-state index is 12.0. The van der Waals surface area contributed by atoms with Gasteiger partial charge in [0.2, 0.25) is 0 Å². The van der Waals surface area contributed by atoms with Crippen molar-refractivity contribution in [3.63, 3.8) is 0 Å². The lowest BCUT2D eigenvalue weighted by atomic mass is 10.0. The van der Waals surface area contributed by atoms with E-state index in [0.29, 0.717) is 11.3 Å². The van der Waals surface area contributed by atoms with E-state index in [-0.39, 0.29) is 16.9 Å². The van der Waals surface area contributed by atoms with Gasteiger partial charge >= 0.3 is 0 Å². The summed E-state index contributed by atoms with van der Waals surface area (Å²) < 4.78 is 5.00. The number of aromatic nitrogens is 1. The second-order valence-corrected chi connectivity index (χ2v) is 3.47. The first kappa shape index (κ1) is 11.1. The fraction of sp³-hybridized carbons (Fsp3) is 0.0769. The van der Waals surface area contributed by atoms with Crippen molar-refractivity contribution in [2.75, 3.05) is 7.11 Å². The lowest BCUT2D eigenvalue weighted by molar-refractivity contribution is 0.103. The zero-order valence-electron chi connectivity index (χ0n) is 9.27. The van der Waals surface area contributed by atoms with Crippen molar-refractivity contribution in [2.45, 2.75) is 0 Å². The minimum Gasteiger partial charge on any atom is -0.497 e. The summed E-state index contributed by atoms with van der Waals surface area (Å²) in [6, 6.07) is 9.76. The van der Waals surface area contributed by atoms with Gasteiger partial charge in [0, 0.05) is 11.8 Å². The number of benzene rings is 1. The van der Waals surface area contributed by atoms with Gasteiger partial charge in [-0.25, -0.2) is 0 Å². The largest absolute Gasteiger partial charge is 0.497 e. The Morgan fingerprint density at radius 2 is 1.88 bits per heavy atom. The van der Waals surface area contributed by atoms with Crippen molar-refractivity contribution >= 4 is 5.78 Å². The van der Waals surface area contributed by atoms with Gasteiger partial charge in [-0.15, -0.1) is 0 Å². The zero-order chi connectivity index (χ0) is 12.3. The second-order valence-electron chi connectivity index (χ2n) is 3.47. The van der Waals surface area contributed by atoms with Crippen molar-refractivity contribution in [1.82, 2.24) is 4.98 Å². The fourth-order valence-corrected chi connectivity index (χ4v) is 1.50. The highest BCUT2D eigenvalue weighted by molar-refractivity contribution is 6.08. The number of H-pyrrole nitrogens is 1. The third-order valence-electron chi connectivity index (χ3n) is 2.42. The molecule has 0 fully saturated rings. The van der Waals surface area contributed by atoms with Crippen molar-refractivity contribution in [3.05, 3.63) is 64.1 Å². The van der Waals surface area contributed by atoms with E-state index in [2.05, 4.69) is 4.98 Å². The summed E-state index contributed by atoms with van der Waals surface area (Å²) in [7, 11) is 1.55. The van der Waals surface area contributed by atoms with Crippen molar-refractivity contribution in [2.24, 2.45) is 0 Å². The lowest BCUT2D eigenvalue weighted by Gasteiger charge is -2.02. The highest BCUT2D eigenvalue weighted by Crippen LogP contribution is 2.13. The fourth-order valence-electron chi connectivity index (χ4n) is 1.50. The van der Waals surface area contributed by atoms with Crippen LogP contribution in [-0.4, -0.2) is 17.9 Å². The van der Waals surface area contributed by atoms with Gasteiger partial charge in [0.1, 0.15) is 5.75 Å². The molecule has 1 aromatic heterocycles. The Kier molecular flexibility index (Phi) is 3.05. The SMILES string of the molecule is COc1ccc(C(=O)c2ccc[nH]c2=O)cc1. The lowest BCUT2D eigenvalue weighted by Crippen LogP contribution is -2.17. The molecule has 0 unspecified atom stereocenters. The molecule has 1 heterocycles. The molecule has 4 nitrogen and oxygen atoms in total. The predicted molar refractivity (Wildman–Crippen MR) is 63.5 cm³/mol. The molecule has 0 amide bonds.